The Kier molecular flexibility index (Phi) is 2.59. The molecule has 6 heteroatoms. The van der Waals surface area contributed by atoms with Gasteiger partial charge in [0.25, 0.3) is 0 Å². The maximum absolute atomic E-state index is 11.2. The first-order valence-corrected chi connectivity index (χ1v) is 4.59. The summed E-state index contributed by atoms with van der Waals surface area (Å²) in [6.45, 7) is 1.71. The van der Waals surface area contributed by atoms with E-state index in [1.54, 1.807) is 6.92 Å². The summed E-state index contributed by atoms with van der Waals surface area (Å²) in [5, 5.41) is 8.60. The summed E-state index contributed by atoms with van der Waals surface area (Å²) in [5.74, 6) is -0.745. The molecule has 0 radical (unpaired) electrons. The minimum atomic E-state index is -1.32. The van der Waals surface area contributed by atoms with E-state index in [-0.39, 0.29) is 5.69 Å². The lowest BCUT2D eigenvalue weighted by atomic mass is 10.5. The highest BCUT2D eigenvalue weighted by Gasteiger charge is 2.12. The number of imidazole rings is 1. The fourth-order valence-electron chi connectivity index (χ4n) is 0.734. The van der Waals surface area contributed by atoms with Crippen LogP contribution >= 0.6 is 0 Å². The lowest BCUT2D eigenvalue weighted by molar-refractivity contribution is 0.0689. The van der Waals surface area contributed by atoms with Gasteiger partial charge in [-0.15, -0.1) is 0 Å². The Morgan fingerprint density at radius 3 is 3.00 bits per heavy atom. The first-order chi connectivity index (χ1) is 5.66. The Hall–Kier alpha value is -1.17. The number of carbonyl (C=O) groups is 1. The van der Waals surface area contributed by atoms with Crippen LogP contribution < -0.4 is 0 Å². The van der Waals surface area contributed by atoms with Crippen LogP contribution in [0.1, 0.15) is 17.4 Å². The van der Waals surface area contributed by atoms with Crippen molar-refractivity contribution in [1.82, 2.24) is 8.96 Å². The predicted molar refractivity (Wildman–Crippen MR) is 43.3 cm³/mol. The quantitative estimate of drug-likeness (QED) is 0.730. The molecule has 0 amide bonds. The van der Waals surface area contributed by atoms with E-state index in [0.717, 1.165) is 3.97 Å². The molecule has 1 aromatic heterocycles. The second kappa shape index (κ2) is 3.48. The number of aromatic nitrogens is 2. The molecule has 0 aliphatic heterocycles. The number of rotatable bonds is 3. The molecule has 66 valence electrons. The highest BCUT2D eigenvalue weighted by molar-refractivity contribution is 7.83. The van der Waals surface area contributed by atoms with Gasteiger partial charge in [-0.05, 0) is 0 Å². The first kappa shape index (κ1) is 8.92. The molecule has 1 aromatic rings. The molecule has 0 aromatic carbocycles. The zero-order valence-electron chi connectivity index (χ0n) is 6.43. The molecular formula is C6H8N2O3S. The van der Waals surface area contributed by atoms with E-state index in [9.17, 15) is 9.00 Å². The van der Waals surface area contributed by atoms with Crippen LogP contribution in [0.25, 0.3) is 0 Å². The number of aromatic carboxylic acids is 1. The van der Waals surface area contributed by atoms with Gasteiger partial charge in [0.05, 0.1) is 6.20 Å². The number of hydrogen-bond acceptors (Lipinski definition) is 3. The third kappa shape index (κ3) is 1.53. The van der Waals surface area contributed by atoms with Gasteiger partial charge in [0, 0.05) is 5.75 Å². The van der Waals surface area contributed by atoms with Crippen molar-refractivity contribution in [3.05, 3.63) is 18.2 Å². The van der Waals surface area contributed by atoms with Crippen molar-refractivity contribution in [2.24, 2.45) is 0 Å². The van der Waals surface area contributed by atoms with Crippen LogP contribution in [-0.2, 0) is 11.0 Å². The second-order valence-electron chi connectivity index (χ2n) is 2.02. The van der Waals surface area contributed by atoms with Gasteiger partial charge in [0.1, 0.15) is 17.3 Å². The van der Waals surface area contributed by atoms with E-state index in [1.165, 1.54) is 12.5 Å². The summed E-state index contributed by atoms with van der Waals surface area (Å²) in [4.78, 5) is 14.1. The average molecular weight is 188 g/mol. The van der Waals surface area contributed by atoms with E-state index in [2.05, 4.69) is 4.98 Å². The molecule has 0 aliphatic carbocycles. The fraction of sp³-hybridized carbons (Fsp3) is 0.333. The van der Waals surface area contributed by atoms with Crippen molar-refractivity contribution in [1.29, 1.82) is 0 Å². The van der Waals surface area contributed by atoms with Crippen molar-refractivity contribution < 1.29 is 14.1 Å². The largest absolute Gasteiger partial charge is 0.476 e. The minimum absolute atomic E-state index is 0.0461. The number of carboxylic acids is 1. The van der Waals surface area contributed by atoms with Crippen molar-refractivity contribution in [3.8, 4) is 0 Å². The van der Waals surface area contributed by atoms with E-state index >= 15 is 0 Å². The summed E-state index contributed by atoms with van der Waals surface area (Å²) in [6.07, 6.45) is 2.43. The SMILES string of the molecule is CCS(=O)n1cncc1C(=O)O. The number of hydrogen-bond donors (Lipinski definition) is 1. The third-order valence-corrected chi connectivity index (χ3v) is 2.51. The van der Waals surface area contributed by atoms with Crippen LogP contribution in [0.3, 0.4) is 0 Å². The molecule has 0 spiro atoms. The molecule has 1 heterocycles. The highest BCUT2D eigenvalue weighted by atomic mass is 32.2. The van der Waals surface area contributed by atoms with Crippen LogP contribution in [0, 0.1) is 0 Å². The van der Waals surface area contributed by atoms with Gasteiger partial charge >= 0.3 is 5.97 Å². The molecule has 1 atom stereocenters. The maximum atomic E-state index is 11.2. The molecular weight excluding hydrogens is 180 g/mol. The van der Waals surface area contributed by atoms with Crippen LogP contribution in [0.15, 0.2) is 12.5 Å². The first-order valence-electron chi connectivity index (χ1n) is 3.31. The molecule has 5 nitrogen and oxygen atoms in total. The van der Waals surface area contributed by atoms with Crippen molar-refractivity contribution in [2.45, 2.75) is 6.92 Å². The molecule has 0 saturated carbocycles. The van der Waals surface area contributed by atoms with Crippen LogP contribution in [0.2, 0.25) is 0 Å². The topological polar surface area (TPSA) is 72.2 Å². The zero-order chi connectivity index (χ0) is 9.14. The lowest BCUT2D eigenvalue weighted by Gasteiger charge is -2.00. The molecule has 12 heavy (non-hydrogen) atoms. The Bertz CT molecular complexity index is 320. The molecule has 0 fully saturated rings. The highest BCUT2D eigenvalue weighted by Crippen LogP contribution is 2.00. The maximum Gasteiger partial charge on any atom is 0.355 e. The summed E-state index contributed by atoms with van der Waals surface area (Å²) >= 11 is 0. The van der Waals surface area contributed by atoms with Gasteiger partial charge in [0.2, 0.25) is 0 Å². The number of nitrogens with zero attached hydrogens (tertiary/aromatic N) is 2. The summed E-state index contributed by atoms with van der Waals surface area (Å²) in [6, 6.07) is 0. The summed E-state index contributed by atoms with van der Waals surface area (Å²) < 4.78 is 12.3. The van der Waals surface area contributed by atoms with Crippen LogP contribution in [0.4, 0.5) is 0 Å². The molecule has 0 bridgehead atoms. The molecule has 1 rings (SSSR count). The number of carboxylic acid groups (broad SMARTS) is 1. The smallest absolute Gasteiger partial charge is 0.355 e. The van der Waals surface area contributed by atoms with Crippen molar-refractivity contribution >= 4 is 17.0 Å². The van der Waals surface area contributed by atoms with Crippen molar-refractivity contribution in [2.75, 3.05) is 5.75 Å². The Morgan fingerprint density at radius 2 is 2.50 bits per heavy atom. The summed E-state index contributed by atoms with van der Waals surface area (Å²) in [7, 11) is -1.32. The normalized spacial score (nSPS) is 12.8. The molecule has 1 N–H and O–H groups in total. The van der Waals surface area contributed by atoms with E-state index in [4.69, 9.17) is 5.11 Å². The van der Waals surface area contributed by atoms with Crippen molar-refractivity contribution in [3.63, 3.8) is 0 Å². The van der Waals surface area contributed by atoms with Gasteiger partial charge in [0.15, 0.2) is 5.69 Å². The van der Waals surface area contributed by atoms with Gasteiger partial charge in [-0.2, -0.15) is 0 Å². The monoisotopic (exact) mass is 188 g/mol. The molecule has 0 aliphatic rings. The zero-order valence-corrected chi connectivity index (χ0v) is 7.24. The van der Waals surface area contributed by atoms with E-state index < -0.39 is 17.0 Å². The van der Waals surface area contributed by atoms with E-state index in [1.807, 2.05) is 0 Å². The fourth-order valence-corrected chi connectivity index (χ4v) is 1.52. The van der Waals surface area contributed by atoms with Crippen LogP contribution in [0.5, 0.6) is 0 Å². The standard InChI is InChI=1S/C6H8N2O3S/c1-2-12(11)8-4-7-3-5(8)6(9)10/h3-4H,2H2,1H3,(H,9,10). The van der Waals surface area contributed by atoms with Crippen LogP contribution in [-0.4, -0.2) is 30.0 Å². The summed E-state index contributed by atoms with van der Waals surface area (Å²) in [5.41, 5.74) is -0.0461. The van der Waals surface area contributed by atoms with Gasteiger partial charge in [-0.25, -0.2) is 18.0 Å². The second-order valence-corrected chi connectivity index (χ2v) is 3.63. The third-order valence-electron chi connectivity index (χ3n) is 1.29. The lowest BCUT2D eigenvalue weighted by Crippen LogP contribution is -2.12. The molecule has 1 unspecified atom stereocenters. The van der Waals surface area contributed by atoms with Gasteiger partial charge in [-0.3, -0.25) is 0 Å². The van der Waals surface area contributed by atoms with E-state index in [0.29, 0.717) is 5.75 Å². The van der Waals surface area contributed by atoms with Gasteiger partial charge in [-0.1, -0.05) is 6.92 Å². The Balaban J connectivity index is 3.07. The Labute approximate surface area is 71.6 Å². The van der Waals surface area contributed by atoms with Gasteiger partial charge < -0.3 is 5.11 Å². The molecule has 0 saturated heterocycles. The Morgan fingerprint density at radius 1 is 1.83 bits per heavy atom. The predicted octanol–water partition coefficient (Wildman–Crippen LogP) is 0.113. The minimum Gasteiger partial charge on any atom is -0.476 e. The average Bonchev–Trinajstić information content (AvgIpc) is 2.50.